The number of quaternary nitrogens is 1. The molecule has 208 valence electrons. The summed E-state index contributed by atoms with van der Waals surface area (Å²) in [5.74, 6) is -0.361. The second-order valence-electron chi connectivity index (χ2n) is 11.5. The quantitative estimate of drug-likeness (QED) is 0.0526. The standard InChI is InChI=1S/C29H58NO4P/c1-6-8-10-12-14-15-16-17-18-20-22-24-26-28(25-23-21-19-13-11-9-7-2)29(31,35(32,33)34)27-30(3,4)5/h6,8,10,28,31H,1,7,9,11-27H2,2-5H3,(H-,32,33,34)/p+1/b10-8+. The molecule has 0 rings (SSSR count). The molecular formula is C29H59NO4P+. The van der Waals surface area contributed by atoms with Crippen molar-refractivity contribution in [3.8, 4) is 0 Å². The summed E-state index contributed by atoms with van der Waals surface area (Å²) in [6, 6.07) is 0. The normalized spacial score (nSPS) is 15.4. The molecule has 0 spiro atoms. The van der Waals surface area contributed by atoms with E-state index in [4.69, 9.17) is 0 Å². The van der Waals surface area contributed by atoms with E-state index in [1.807, 2.05) is 33.3 Å². The lowest BCUT2D eigenvalue weighted by molar-refractivity contribution is -0.875. The van der Waals surface area contributed by atoms with Crippen molar-refractivity contribution in [3.63, 3.8) is 0 Å². The predicted octanol–water partition coefficient (Wildman–Crippen LogP) is 7.96. The number of hydrogen-bond acceptors (Lipinski definition) is 2. The molecule has 0 heterocycles. The largest absolute Gasteiger partial charge is 0.373 e. The number of likely N-dealkylation sites (N-methyl/N-ethyl adjacent to an activating group) is 1. The maximum absolute atomic E-state index is 12.5. The van der Waals surface area contributed by atoms with Crippen LogP contribution in [0.25, 0.3) is 0 Å². The molecule has 2 atom stereocenters. The zero-order chi connectivity index (χ0) is 26.6. The van der Waals surface area contributed by atoms with Gasteiger partial charge in [-0.25, -0.2) is 0 Å². The van der Waals surface area contributed by atoms with Crippen LogP contribution in [0.4, 0.5) is 0 Å². The van der Waals surface area contributed by atoms with Crippen LogP contribution in [0.5, 0.6) is 0 Å². The minimum Gasteiger partial charge on any atom is -0.373 e. The van der Waals surface area contributed by atoms with Crippen molar-refractivity contribution in [1.82, 2.24) is 0 Å². The lowest BCUT2D eigenvalue weighted by Gasteiger charge is -2.40. The molecule has 3 N–H and O–H groups in total. The van der Waals surface area contributed by atoms with Crippen molar-refractivity contribution < 1.29 is 23.9 Å². The minimum atomic E-state index is -4.67. The first kappa shape index (κ1) is 34.6. The van der Waals surface area contributed by atoms with Crippen molar-refractivity contribution >= 4 is 7.60 Å². The van der Waals surface area contributed by atoms with E-state index in [2.05, 4.69) is 19.6 Å². The van der Waals surface area contributed by atoms with E-state index in [1.165, 1.54) is 64.2 Å². The third kappa shape index (κ3) is 17.6. The Morgan fingerprint density at radius 2 is 1.23 bits per heavy atom. The van der Waals surface area contributed by atoms with E-state index < -0.39 is 12.9 Å². The van der Waals surface area contributed by atoms with E-state index in [0.717, 1.165) is 38.5 Å². The molecule has 0 saturated heterocycles. The van der Waals surface area contributed by atoms with Gasteiger partial charge < -0.3 is 19.4 Å². The van der Waals surface area contributed by atoms with E-state index in [9.17, 15) is 19.5 Å². The minimum absolute atomic E-state index is 0.0699. The molecule has 0 aliphatic heterocycles. The van der Waals surface area contributed by atoms with Gasteiger partial charge in [0.1, 0.15) is 6.54 Å². The first-order valence-electron chi connectivity index (χ1n) is 14.3. The molecule has 0 radical (unpaired) electrons. The highest BCUT2D eigenvalue weighted by Gasteiger charge is 2.54. The topological polar surface area (TPSA) is 77.8 Å². The highest BCUT2D eigenvalue weighted by atomic mass is 31.2. The van der Waals surface area contributed by atoms with Crippen LogP contribution in [0.1, 0.15) is 122 Å². The molecule has 5 nitrogen and oxygen atoms in total. The van der Waals surface area contributed by atoms with E-state index in [0.29, 0.717) is 17.3 Å². The zero-order valence-electron chi connectivity index (χ0n) is 23.6. The third-order valence-electron chi connectivity index (χ3n) is 6.97. The molecule has 0 bridgehead atoms. The lowest BCUT2D eigenvalue weighted by atomic mass is 9.88. The molecule has 0 fully saturated rings. The van der Waals surface area contributed by atoms with E-state index in [-0.39, 0.29) is 12.5 Å². The van der Waals surface area contributed by atoms with Crippen LogP contribution in [0.2, 0.25) is 0 Å². The van der Waals surface area contributed by atoms with Crippen LogP contribution in [0.3, 0.4) is 0 Å². The molecule has 35 heavy (non-hydrogen) atoms. The Morgan fingerprint density at radius 3 is 1.63 bits per heavy atom. The number of rotatable bonds is 24. The summed E-state index contributed by atoms with van der Waals surface area (Å²) in [5.41, 5.74) is 0. The first-order valence-corrected chi connectivity index (χ1v) is 15.9. The van der Waals surface area contributed by atoms with E-state index in [1.54, 1.807) is 0 Å². The Balaban J connectivity index is 4.64. The summed E-state index contributed by atoms with van der Waals surface area (Å²) in [4.78, 5) is 20.4. The second kappa shape index (κ2) is 19.6. The van der Waals surface area contributed by atoms with Gasteiger partial charge in [-0.1, -0.05) is 122 Å². The molecule has 0 aromatic heterocycles. The van der Waals surface area contributed by atoms with Gasteiger partial charge in [0.05, 0.1) is 21.1 Å². The summed E-state index contributed by atoms with van der Waals surface area (Å²) >= 11 is 0. The maximum atomic E-state index is 12.5. The first-order chi connectivity index (χ1) is 16.5. The van der Waals surface area contributed by atoms with Crippen LogP contribution in [0.15, 0.2) is 24.8 Å². The Kier molecular flexibility index (Phi) is 19.4. The summed E-state index contributed by atoms with van der Waals surface area (Å²) in [7, 11) is 1.00. The fourth-order valence-corrected chi connectivity index (χ4v) is 6.36. The molecule has 0 aromatic rings. The Morgan fingerprint density at radius 1 is 0.800 bits per heavy atom. The molecular weight excluding hydrogens is 457 g/mol. The number of nitrogens with zero attached hydrogens (tertiary/aromatic N) is 1. The molecule has 0 amide bonds. The van der Waals surface area contributed by atoms with Crippen LogP contribution >= 0.6 is 7.60 Å². The van der Waals surface area contributed by atoms with Crippen molar-refractivity contribution in [3.05, 3.63) is 24.8 Å². The summed E-state index contributed by atoms with van der Waals surface area (Å²) in [6.07, 6.45) is 26.1. The zero-order valence-corrected chi connectivity index (χ0v) is 24.5. The molecule has 2 unspecified atom stereocenters. The molecule has 0 aliphatic rings. The van der Waals surface area contributed by atoms with Gasteiger partial charge in [0.15, 0.2) is 0 Å². The number of aliphatic hydroxyl groups is 1. The monoisotopic (exact) mass is 516 g/mol. The van der Waals surface area contributed by atoms with Gasteiger partial charge in [0.2, 0.25) is 5.34 Å². The lowest BCUT2D eigenvalue weighted by Crippen LogP contribution is -2.53. The van der Waals surface area contributed by atoms with E-state index >= 15 is 0 Å². The summed E-state index contributed by atoms with van der Waals surface area (Å²) in [6.45, 7) is 5.97. The van der Waals surface area contributed by atoms with Crippen LogP contribution in [0, 0.1) is 5.92 Å². The number of allylic oxidation sites excluding steroid dienone is 3. The van der Waals surface area contributed by atoms with Gasteiger partial charge >= 0.3 is 7.60 Å². The number of hydrogen-bond donors (Lipinski definition) is 3. The highest BCUT2D eigenvalue weighted by molar-refractivity contribution is 7.53. The fraction of sp³-hybridized carbons (Fsp3) is 0.862. The summed E-state index contributed by atoms with van der Waals surface area (Å²) < 4.78 is 12.9. The molecule has 6 heteroatoms. The van der Waals surface area contributed by atoms with Crippen LogP contribution < -0.4 is 0 Å². The van der Waals surface area contributed by atoms with Gasteiger partial charge in [-0.05, 0) is 25.7 Å². The Labute approximate surface area is 217 Å². The van der Waals surface area contributed by atoms with Gasteiger partial charge in [-0.2, -0.15) is 0 Å². The smallest absolute Gasteiger partial charge is 0.363 e. The Hall–Kier alpha value is -0.450. The van der Waals surface area contributed by atoms with Gasteiger partial charge in [-0.15, -0.1) is 0 Å². The molecule has 0 saturated carbocycles. The number of unbranched alkanes of at least 4 members (excludes halogenated alkanes) is 14. The Bertz CT molecular complexity index is 596. The second-order valence-corrected chi connectivity index (χ2v) is 13.4. The van der Waals surface area contributed by atoms with Crippen molar-refractivity contribution in [2.75, 3.05) is 27.7 Å². The highest BCUT2D eigenvalue weighted by Crippen LogP contribution is 2.55. The average molecular weight is 517 g/mol. The average Bonchev–Trinajstić information content (AvgIpc) is 2.75. The predicted molar refractivity (Wildman–Crippen MR) is 152 cm³/mol. The molecule has 0 aromatic carbocycles. The van der Waals surface area contributed by atoms with Gasteiger partial charge in [-0.3, -0.25) is 4.57 Å². The van der Waals surface area contributed by atoms with Gasteiger partial charge in [0.25, 0.3) is 0 Å². The fourth-order valence-electron chi connectivity index (χ4n) is 5.02. The van der Waals surface area contributed by atoms with Crippen LogP contribution in [-0.2, 0) is 4.57 Å². The van der Waals surface area contributed by atoms with Crippen molar-refractivity contribution in [2.24, 2.45) is 5.92 Å². The molecule has 0 aliphatic carbocycles. The van der Waals surface area contributed by atoms with Crippen LogP contribution in [-0.4, -0.2) is 52.4 Å². The van der Waals surface area contributed by atoms with Gasteiger partial charge in [0, 0.05) is 5.92 Å². The third-order valence-corrected chi connectivity index (χ3v) is 8.48. The SMILES string of the molecule is C=C/C=C/CCCCCCCCCCC(CCCCCCCCC)C(O)(C[N+](C)(C)C)P(=O)(O)O. The maximum Gasteiger partial charge on any atom is 0.363 e. The van der Waals surface area contributed by atoms with Crippen molar-refractivity contribution in [2.45, 2.75) is 128 Å². The summed E-state index contributed by atoms with van der Waals surface area (Å²) in [5, 5.41) is 9.45. The van der Waals surface area contributed by atoms with Crippen molar-refractivity contribution in [1.29, 1.82) is 0 Å².